The number of nitrogens with one attached hydrogen (secondary N) is 1. The lowest BCUT2D eigenvalue weighted by atomic mass is 10.1. The molecule has 0 aliphatic rings. The standard InChI is InChI=1S/C16H27NO3/c1-4-10-18-11-12-19-13-15(17-3)14-8-6-7-9-16(14)20-5-2/h6-9,15,17H,4-5,10-13H2,1-3H3. The molecule has 0 aromatic heterocycles. The first-order valence-electron chi connectivity index (χ1n) is 7.37. The minimum Gasteiger partial charge on any atom is -0.494 e. The van der Waals surface area contributed by atoms with Gasteiger partial charge in [-0.05, 0) is 26.5 Å². The van der Waals surface area contributed by atoms with Gasteiger partial charge in [0.1, 0.15) is 5.75 Å². The van der Waals surface area contributed by atoms with Crippen molar-refractivity contribution in [2.24, 2.45) is 0 Å². The van der Waals surface area contributed by atoms with Crippen molar-refractivity contribution < 1.29 is 14.2 Å². The fourth-order valence-electron chi connectivity index (χ4n) is 1.95. The van der Waals surface area contributed by atoms with Crippen molar-refractivity contribution in [3.8, 4) is 5.75 Å². The van der Waals surface area contributed by atoms with E-state index in [9.17, 15) is 0 Å². The summed E-state index contributed by atoms with van der Waals surface area (Å²) in [6, 6.07) is 8.20. The highest BCUT2D eigenvalue weighted by Gasteiger charge is 2.14. The second kappa shape index (κ2) is 10.7. The van der Waals surface area contributed by atoms with Crippen LogP contribution in [-0.2, 0) is 9.47 Å². The molecule has 20 heavy (non-hydrogen) atoms. The molecule has 0 fully saturated rings. The number of hydrogen-bond acceptors (Lipinski definition) is 4. The Bertz CT molecular complexity index is 357. The first-order valence-corrected chi connectivity index (χ1v) is 7.37. The van der Waals surface area contributed by atoms with E-state index in [1.165, 1.54) is 0 Å². The summed E-state index contributed by atoms with van der Waals surface area (Å²) in [6.07, 6.45) is 1.04. The molecule has 1 unspecified atom stereocenters. The van der Waals surface area contributed by atoms with Gasteiger partial charge in [-0.15, -0.1) is 0 Å². The molecule has 1 aromatic carbocycles. The lowest BCUT2D eigenvalue weighted by Crippen LogP contribution is -2.23. The monoisotopic (exact) mass is 281 g/mol. The molecule has 1 N–H and O–H groups in total. The summed E-state index contributed by atoms with van der Waals surface area (Å²) < 4.78 is 16.7. The van der Waals surface area contributed by atoms with Crippen LogP contribution < -0.4 is 10.1 Å². The van der Waals surface area contributed by atoms with Gasteiger partial charge in [0.05, 0.1) is 32.5 Å². The van der Waals surface area contributed by atoms with Gasteiger partial charge in [-0.25, -0.2) is 0 Å². The maximum absolute atomic E-state index is 5.68. The van der Waals surface area contributed by atoms with Crippen molar-refractivity contribution in [1.29, 1.82) is 0 Å². The Morgan fingerprint density at radius 3 is 2.50 bits per heavy atom. The first kappa shape index (κ1) is 17.0. The Morgan fingerprint density at radius 1 is 1.05 bits per heavy atom. The van der Waals surface area contributed by atoms with Crippen molar-refractivity contribution in [2.45, 2.75) is 26.3 Å². The molecule has 114 valence electrons. The van der Waals surface area contributed by atoms with E-state index in [-0.39, 0.29) is 6.04 Å². The zero-order chi connectivity index (χ0) is 14.6. The van der Waals surface area contributed by atoms with Crippen LogP contribution in [0.15, 0.2) is 24.3 Å². The minimum atomic E-state index is 0.129. The predicted octanol–water partition coefficient (Wildman–Crippen LogP) is 2.79. The second-order valence-corrected chi connectivity index (χ2v) is 4.50. The number of likely N-dealkylation sites (N-methyl/N-ethyl adjacent to an activating group) is 1. The van der Waals surface area contributed by atoms with E-state index in [2.05, 4.69) is 18.3 Å². The summed E-state index contributed by atoms with van der Waals surface area (Å²) in [5, 5.41) is 3.27. The van der Waals surface area contributed by atoms with Gasteiger partial charge in [-0.2, -0.15) is 0 Å². The number of rotatable bonds is 11. The molecule has 0 spiro atoms. The minimum absolute atomic E-state index is 0.129. The van der Waals surface area contributed by atoms with Gasteiger partial charge in [0.2, 0.25) is 0 Å². The molecule has 0 saturated carbocycles. The SMILES string of the molecule is CCCOCCOCC(NC)c1ccccc1OCC. The van der Waals surface area contributed by atoms with E-state index in [1.807, 2.05) is 32.2 Å². The van der Waals surface area contributed by atoms with Crippen LogP contribution >= 0.6 is 0 Å². The largest absolute Gasteiger partial charge is 0.494 e. The predicted molar refractivity (Wildman–Crippen MR) is 81.3 cm³/mol. The maximum atomic E-state index is 5.68. The summed E-state index contributed by atoms with van der Waals surface area (Å²) in [6.45, 7) is 7.43. The highest BCUT2D eigenvalue weighted by Crippen LogP contribution is 2.25. The smallest absolute Gasteiger partial charge is 0.124 e. The van der Waals surface area contributed by atoms with Crippen molar-refractivity contribution in [3.63, 3.8) is 0 Å². The van der Waals surface area contributed by atoms with Crippen LogP contribution in [0.3, 0.4) is 0 Å². The Kier molecular flexibility index (Phi) is 9.04. The molecule has 4 nitrogen and oxygen atoms in total. The Balaban J connectivity index is 2.45. The summed E-state index contributed by atoms with van der Waals surface area (Å²) in [4.78, 5) is 0. The molecule has 1 rings (SSSR count). The van der Waals surface area contributed by atoms with Crippen molar-refractivity contribution in [1.82, 2.24) is 5.32 Å². The van der Waals surface area contributed by atoms with Gasteiger partial charge in [-0.3, -0.25) is 0 Å². The van der Waals surface area contributed by atoms with Gasteiger partial charge in [0, 0.05) is 12.2 Å². The molecular formula is C16H27NO3. The molecule has 0 bridgehead atoms. The molecule has 1 aromatic rings. The number of para-hydroxylation sites is 1. The van der Waals surface area contributed by atoms with E-state index in [0.29, 0.717) is 26.4 Å². The van der Waals surface area contributed by atoms with Crippen LogP contribution in [0.25, 0.3) is 0 Å². The molecule has 0 amide bonds. The maximum Gasteiger partial charge on any atom is 0.124 e. The third-order valence-electron chi connectivity index (χ3n) is 2.95. The van der Waals surface area contributed by atoms with E-state index in [0.717, 1.165) is 24.3 Å². The summed E-state index contributed by atoms with van der Waals surface area (Å²) >= 11 is 0. The quantitative estimate of drug-likeness (QED) is 0.633. The Hall–Kier alpha value is -1.10. The second-order valence-electron chi connectivity index (χ2n) is 4.50. The zero-order valence-corrected chi connectivity index (χ0v) is 12.9. The van der Waals surface area contributed by atoms with Gasteiger partial charge in [0.25, 0.3) is 0 Å². The molecule has 0 aliphatic carbocycles. The van der Waals surface area contributed by atoms with Crippen LogP contribution in [0.5, 0.6) is 5.75 Å². The van der Waals surface area contributed by atoms with E-state index in [1.54, 1.807) is 0 Å². The fourth-order valence-corrected chi connectivity index (χ4v) is 1.95. The normalized spacial score (nSPS) is 12.3. The highest BCUT2D eigenvalue weighted by atomic mass is 16.5. The average molecular weight is 281 g/mol. The summed E-state index contributed by atoms with van der Waals surface area (Å²) in [7, 11) is 1.93. The molecule has 0 heterocycles. The topological polar surface area (TPSA) is 39.7 Å². The van der Waals surface area contributed by atoms with Crippen molar-refractivity contribution in [3.05, 3.63) is 29.8 Å². The lowest BCUT2D eigenvalue weighted by molar-refractivity contribution is 0.0396. The third kappa shape index (κ3) is 5.90. The average Bonchev–Trinajstić information content (AvgIpc) is 2.48. The van der Waals surface area contributed by atoms with Crippen LogP contribution in [0.4, 0.5) is 0 Å². The Labute approximate surface area is 122 Å². The van der Waals surface area contributed by atoms with Crippen LogP contribution in [0.2, 0.25) is 0 Å². The molecule has 4 heteroatoms. The van der Waals surface area contributed by atoms with Gasteiger partial charge in [-0.1, -0.05) is 25.1 Å². The first-order chi connectivity index (χ1) is 9.83. The Morgan fingerprint density at radius 2 is 1.80 bits per heavy atom. The van der Waals surface area contributed by atoms with Crippen LogP contribution in [-0.4, -0.2) is 40.1 Å². The molecule has 0 radical (unpaired) electrons. The number of hydrogen-bond donors (Lipinski definition) is 1. The highest BCUT2D eigenvalue weighted by molar-refractivity contribution is 5.36. The third-order valence-corrected chi connectivity index (χ3v) is 2.95. The summed E-state index contributed by atoms with van der Waals surface area (Å²) in [5.74, 6) is 0.917. The fraction of sp³-hybridized carbons (Fsp3) is 0.625. The van der Waals surface area contributed by atoms with Gasteiger partial charge >= 0.3 is 0 Å². The van der Waals surface area contributed by atoms with E-state index >= 15 is 0 Å². The van der Waals surface area contributed by atoms with E-state index < -0.39 is 0 Å². The van der Waals surface area contributed by atoms with Gasteiger partial charge in [0.15, 0.2) is 0 Å². The van der Waals surface area contributed by atoms with Gasteiger partial charge < -0.3 is 19.5 Å². The number of ether oxygens (including phenoxy) is 3. The van der Waals surface area contributed by atoms with Crippen molar-refractivity contribution >= 4 is 0 Å². The summed E-state index contributed by atoms with van der Waals surface area (Å²) in [5.41, 5.74) is 1.13. The van der Waals surface area contributed by atoms with E-state index in [4.69, 9.17) is 14.2 Å². The van der Waals surface area contributed by atoms with Crippen molar-refractivity contribution in [2.75, 3.05) is 40.1 Å². The molecule has 0 aliphatic heterocycles. The zero-order valence-electron chi connectivity index (χ0n) is 12.9. The van der Waals surface area contributed by atoms with Crippen LogP contribution in [0, 0.1) is 0 Å². The van der Waals surface area contributed by atoms with Crippen LogP contribution in [0.1, 0.15) is 31.9 Å². The molecule has 0 saturated heterocycles. The number of benzene rings is 1. The molecular weight excluding hydrogens is 254 g/mol. The molecule has 1 atom stereocenters. The lowest BCUT2D eigenvalue weighted by Gasteiger charge is -2.20.